The first-order valence-corrected chi connectivity index (χ1v) is 4.95. The van der Waals surface area contributed by atoms with Crippen LogP contribution in [0, 0.1) is 5.82 Å². The molecule has 0 radical (unpaired) electrons. The van der Waals surface area contributed by atoms with Crippen molar-refractivity contribution >= 4 is 0 Å². The number of fused-ring (bicyclic) bond motifs is 1. The highest BCUT2D eigenvalue weighted by molar-refractivity contribution is 5.37. The van der Waals surface area contributed by atoms with Crippen LogP contribution in [0.1, 0.15) is 18.4 Å². The molecule has 1 unspecified atom stereocenters. The smallest absolute Gasteiger partial charge is 0.123 e. The lowest BCUT2D eigenvalue weighted by atomic mass is 10.1. The van der Waals surface area contributed by atoms with Gasteiger partial charge in [-0.05, 0) is 37.6 Å². The number of hydrogen-bond acceptors (Lipinski definition) is 2. The third-order valence-electron chi connectivity index (χ3n) is 2.49. The Labute approximate surface area is 82.9 Å². The van der Waals surface area contributed by atoms with Crippen LogP contribution in [0.15, 0.2) is 18.2 Å². The zero-order valence-corrected chi connectivity index (χ0v) is 8.00. The first-order valence-electron chi connectivity index (χ1n) is 4.95. The van der Waals surface area contributed by atoms with Gasteiger partial charge in [-0.2, -0.15) is 0 Å². The Kier molecular flexibility index (Phi) is 2.68. The van der Waals surface area contributed by atoms with Crippen LogP contribution in [0.5, 0.6) is 5.75 Å². The van der Waals surface area contributed by atoms with Crippen molar-refractivity contribution in [3.63, 3.8) is 0 Å². The predicted molar refractivity (Wildman–Crippen MR) is 52.8 cm³/mol. The molecule has 1 aliphatic heterocycles. The van der Waals surface area contributed by atoms with Gasteiger partial charge in [-0.15, -0.1) is 0 Å². The molecule has 1 heterocycles. The molecule has 1 aromatic rings. The van der Waals surface area contributed by atoms with Crippen LogP contribution >= 0.6 is 0 Å². The summed E-state index contributed by atoms with van der Waals surface area (Å²) in [5, 5.41) is 0. The third-order valence-corrected chi connectivity index (χ3v) is 2.49. The zero-order chi connectivity index (χ0) is 9.97. The number of benzene rings is 1. The van der Waals surface area contributed by atoms with Crippen LogP contribution in [-0.2, 0) is 6.42 Å². The average molecular weight is 195 g/mol. The Morgan fingerprint density at radius 2 is 2.36 bits per heavy atom. The Morgan fingerprint density at radius 1 is 1.50 bits per heavy atom. The lowest BCUT2D eigenvalue weighted by Gasteiger charge is -2.08. The second-order valence-corrected chi connectivity index (χ2v) is 3.63. The number of rotatable bonds is 3. The van der Waals surface area contributed by atoms with E-state index in [0.717, 1.165) is 30.6 Å². The first kappa shape index (κ1) is 9.46. The first-order chi connectivity index (χ1) is 6.79. The second-order valence-electron chi connectivity index (χ2n) is 3.63. The van der Waals surface area contributed by atoms with Gasteiger partial charge in [-0.1, -0.05) is 0 Å². The minimum Gasteiger partial charge on any atom is -0.490 e. The largest absolute Gasteiger partial charge is 0.490 e. The number of ether oxygens (including phenoxy) is 1. The number of halogens is 1. The molecule has 1 atom stereocenters. The highest BCUT2D eigenvalue weighted by Crippen LogP contribution is 2.30. The van der Waals surface area contributed by atoms with E-state index in [0.29, 0.717) is 6.54 Å². The highest BCUT2D eigenvalue weighted by Gasteiger charge is 2.22. The SMILES string of the molecule is NCCCC1Cc2cc(F)ccc2O1. The molecule has 76 valence electrons. The monoisotopic (exact) mass is 195 g/mol. The van der Waals surface area contributed by atoms with Crippen molar-refractivity contribution in [3.05, 3.63) is 29.6 Å². The van der Waals surface area contributed by atoms with Crippen molar-refractivity contribution in [2.45, 2.75) is 25.4 Å². The summed E-state index contributed by atoms with van der Waals surface area (Å²) in [7, 11) is 0. The lowest BCUT2D eigenvalue weighted by molar-refractivity contribution is 0.219. The van der Waals surface area contributed by atoms with Crippen LogP contribution < -0.4 is 10.5 Å². The summed E-state index contributed by atoms with van der Waals surface area (Å²) in [6, 6.07) is 4.69. The van der Waals surface area contributed by atoms with Crippen molar-refractivity contribution in [1.29, 1.82) is 0 Å². The fourth-order valence-electron chi connectivity index (χ4n) is 1.80. The molecule has 0 amide bonds. The molecule has 14 heavy (non-hydrogen) atoms. The molecule has 0 saturated heterocycles. The maximum Gasteiger partial charge on any atom is 0.123 e. The van der Waals surface area contributed by atoms with Gasteiger partial charge in [0.1, 0.15) is 17.7 Å². The molecule has 0 bridgehead atoms. The van der Waals surface area contributed by atoms with E-state index in [1.807, 2.05) is 0 Å². The standard InChI is InChI=1S/C11H14FNO/c12-9-3-4-11-8(6-9)7-10(14-11)2-1-5-13/h3-4,6,10H,1-2,5,7,13H2. The quantitative estimate of drug-likeness (QED) is 0.799. The lowest BCUT2D eigenvalue weighted by Crippen LogP contribution is -2.14. The molecule has 1 aliphatic rings. The van der Waals surface area contributed by atoms with Crippen LogP contribution in [0.3, 0.4) is 0 Å². The predicted octanol–water partition coefficient (Wildman–Crippen LogP) is 1.87. The van der Waals surface area contributed by atoms with Crippen molar-refractivity contribution in [2.75, 3.05) is 6.54 Å². The normalized spacial score (nSPS) is 19.1. The Morgan fingerprint density at radius 3 is 3.14 bits per heavy atom. The Bertz CT molecular complexity index is 327. The molecule has 0 spiro atoms. The van der Waals surface area contributed by atoms with E-state index < -0.39 is 0 Å². The molecule has 0 aliphatic carbocycles. The fourth-order valence-corrected chi connectivity index (χ4v) is 1.80. The molecule has 2 rings (SSSR count). The molecular formula is C11H14FNO. The van der Waals surface area contributed by atoms with Crippen LogP contribution in [0.25, 0.3) is 0 Å². The van der Waals surface area contributed by atoms with E-state index in [1.54, 1.807) is 12.1 Å². The van der Waals surface area contributed by atoms with Gasteiger partial charge >= 0.3 is 0 Å². The minimum absolute atomic E-state index is 0.188. The molecule has 2 N–H and O–H groups in total. The summed E-state index contributed by atoms with van der Waals surface area (Å²) >= 11 is 0. The zero-order valence-electron chi connectivity index (χ0n) is 8.00. The highest BCUT2D eigenvalue weighted by atomic mass is 19.1. The number of hydrogen-bond donors (Lipinski definition) is 1. The van der Waals surface area contributed by atoms with Gasteiger partial charge in [0, 0.05) is 12.0 Å². The summed E-state index contributed by atoms with van der Waals surface area (Å²) in [4.78, 5) is 0. The third kappa shape index (κ3) is 1.87. The second kappa shape index (κ2) is 3.96. The van der Waals surface area contributed by atoms with Crippen molar-refractivity contribution in [3.8, 4) is 5.75 Å². The summed E-state index contributed by atoms with van der Waals surface area (Å²) in [5.74, 6) is 0.639. The van der Waals surface area contributed by atoms with E-state index >= 15 is 0 Å². The van der Waals surface area contributed by atoms with E-state index in [1.165, 1.54) is 6.07 Å². The molecular weight excluding hydrogens is 181 g/mol. The van der Waals surface area contributed by atoms with Gasteiger partial charge < -0.3 is 10.5 Å². The van der Waals surface area contributed by atoms with Crippen LogP contribution in [-0.4, -0.2) is 12.6 Å². The Balaban J connectivity index is 2.03. The van der Waals surface area contributed by atoms with Gasteiger partial charge in [0.15, 0.2) is 0 Å². The van der Waals surface area contributed by atoms with Gasteiger partial charge in [-0.3, -0.25) is 0 Å². The summed E-state index contributed by atoms with van der Waals surface area (Å²) in [6.45, 7) is 0.685. The molecule has 2 nitrogen and oxygen atoms in total. The maximum atomic E-state index is 12.9. The van der Waals surface area contributed by atoms with Gasteiger partial charge in [0.05, 0.1) is 0 Å². The van der Waals surface area contributed by atoms with Crippen LogP contribution in [0.4, 0.5) is 4.39 Å². The van der Waals surface area contributed by atoms with E-state index in [9.17, 15) is 4.39 Å². The van der Waals surface area contributed by atoms with Gasteiger partial charge in [0.25, 0.3) is 0 Å². The molecule has 0 fully saturated rings. The maximum absolute atomic E-state index is 12.9. The van der Waals surface area contributed by atoms with Crippen LogP contribution in [0.2, 0.25) is 0 Å². The van der Waals surface area contributed by atoms with Crippen molar-refractivity contribution < 1.29 is 9.13 Å². The molecule has 3 heteroatoms. The van der Waals surface area contributed by atoms with Gasteiger partial charge in [-0.25, -0.2) is 4.39 Å². The minimum atomic E-state index is -0.188. The van der Waals surface area contributed by atoms with Crippen molar-refractivity contribution in [1.82, 2.24) is 0 Å². The van der Waals surface area contributed by atoms with Crippen molar-refractivity contribution in [2.24, 2.45) is 5.73 Å². The molecule has 0 saturated carbocycles. The summed E-state index contributed by atoms with van der Waals surface area (Å²) in [6.07, 6.45) is 2.91. The van der Waals surface area contributed by atoms with Gasteiger partial charge in [0.2, 0.25) is 0 Å². The molecule has 0 aromatic heterocycles. The number of nitrogens with two attached hydrogens (primary N) is 1. The Hall–Kier alpha value is -1.09. The van der Waals surface area contributed by atoms with E-state index in [2.05, 4.69) is 0 Å². The topological polar surface area (TPSA) is 35.2 Å². The summed E-state index contributed by atoms with van der Waals surface area (Å²) in [5.41, 5.74) is 6.40. The summed E-state index contributed by atoms with van der Waals surface area (Å²) < 4.78 is 18.5. The average Bonchev–Trinajstić information content (AvgIpc) is 2.56. The van der Waals surface area contributed by atoms with E-state index in [4.69, 9.17) is 10.5 Å². The molecule has 1 aromatic carbocycles. The van der Waals surface area contributed by atoms with E-state index in [-0.39, 0.29) is 11.9 Å². The fraction of sp³-hybridized carbons (Fsp3) is 0.455.